The van der Waals surface area contributed by atoms with E-state index >= 15 is 0 Å². The molecule has 0 aliphatic rings. The van der Waals surface area contributed by atoms with E-state index in [0.29, 0.717) is 12.6 Å². The second kappa shape index (κ2) is 8.40. The van der Waals surface area contributed by atoms with Crippen molar-refractivity contribution in [3.8, 4) is 17.1 Å². The predicted octanol–water partition coefficient (Wildman–Crippen LogP) is 3.22. The lowest BCUT2D eigenvalue weighted by molar-refractivity contribution is 0.275. The maximum Gasteiger partial charge on any atom is 0.321 e. The molecular formula is C20H22N4O2. The third-order valence-electron chi connectivity index (χ3n) is 4.09. The molecule has 1 atom stereocenters. The third-order valence-corrected chi connectivity index (χ3v) is 4.09. The standard InChI is InChI=1S/C20H22N4O2/c1-14(11-25)23-19-21-13-22-20(24-19)26-12-17-9-6-10-18(15(17)2)16-7-4-3-5-8-16/h3-10,13-14,25H,11-12H2,1-2H3,(H,21,22,23,24). The van der Waals surface area contributed by atoms with Gasteiger partial charge in [-0.1, -0.05) is 48.5 Å². The highest BCUT2D eigenvalue weighted by Gasteiger charge is 2.09. The lowest BCUT2D eigenvalue weighted by Crippen LogP contribution is -2.21. The molecular weight excluding hydrogens is 328 g/mol. The van der Waals surface area contributed by atoms with Crippen LogP contribution in [-0.2, 0) is 6.61 Å². The minimum absolute atomic E-state index is 0.00660. The van der Waals surface area contributed by atoms with Crippen LogP contribution < -0.4 is 10.1 Å². The van der Waals surface area contributed by atoms with Crippen LogP contribution >= 0.6 is 0 Å². The van der Waals surface area contributed by atoms with E-state index in [1.54, 1.807) is 0 Å². The number of aliphatic hydroxyl groups is 1. The first kappa shape index (κ1) is 17.8. The van der Waals surface area contributed by atoms with Crippen LogP contribution in [0, 0.1) is 6.92 Å². The van der Waals surface area contributed by atoms with Gasteiger partial charge >= 0.3 is 6.01 Å². The summed E-state index contributed by atoms with van der Waals surface area (Å²) in [7, 11) is 0. The topological polar surface area (TPSA) is 80.2 Å². The Morgan fingerprint density at radius 3 is 2.65 bits per heavy atom. The van der Waals surface area contributed by atoms with Gasteiger partial charge in [0.25, 0.3) is 0 Å². The predicted molar refractivity (Wildman–Crippen MR) is 101 cm³/mol. The molecule has 0 aliphatic carbocycles. The van der Waals surface area contributed by atoms with Gasteiger partial charge in [0, 0.05) is 6.04 Å². The molecule has 134 valence electrons. The van der Waals surface area contributed by atoms with Gasteiger partial charge in [-0.3, -0.25) is 0 Å². The SMILES string of the molecule is Cc1c(COc2ncnc(NC(C)CO)n2)cccc1-c1ccccc1. The molecule has 0 saturated carbocycles. The first-order valence-electron chi connectivity index (χ1n) is 8.50. The highest BCUT2D eigenvalue weighted by Crippen LogP contribution is 2.26. The van der Waals surface area contributed by atoms with Crippen molar-refractivity contribution in [2.24, 2.45) is 0 Å². The molecule has 2 N–H and O–H groups in total. The first-order chi connectivity index (χ1) is 12.7. The van der Waals surface area contributed by atoms with Crippen LogP contribution in [0.2, 0.25) is 0 Å². The largest absolute Gasteiger partial charge is 0.458 e. The zero-order valence-electron chi connectivity index (χ0n) is 14.9. The summed E-state index contributed by atoms with van der Waals surface area (Å²) in [6.07, 6.45) is 1.39. The Morgan fingerprint density at radius 1 is 1.08 bits per heavy atom. The third kappa shape index (κ3) is 4.34. The molecule has 6 heteroatoms. The molecule has 3 aromatic rings. The molecule has 0 saturated heterocycles. The van der Waals surface area contributed by atoms with Crippen molar-refractivity contribution in [3.05, 3.63) is 66.0 Å². The fourth-order valence-electron chi connectivity index (χ4n) is 2.60. The van der Waals surface area contributed by atoms with E-state index in [4.69, 9.17) is 9.84 Å². The molecule has 26 heavy (non-hydrogen) atoms. The van der Waals surface area contributed by atoms with E-state index in [9.17, 15) is 0 Å². The molecule has 0 amide bonds. The molecule has 0 spiro atoms. The number of hydrogen-bond acceptors (Lipinski definition) is 6. The van der Waals surface area contributed by atoms with Gasteiger partial charge in [0.05, 0.1) is 6.61 Å². The Balaban J connectivity index is 1.73. The Morgan fingerprint density at radius 2 is 1.88 bits per heavy atom. The maximum atomic E-state index is 9.10. The van der Waals surface area contributed by atoms with Crippen LogP contribution in [0.1, 0.15) is 18.1 Å². The zero-order valence-corrected chi connectivity index (χ0v) is 14.9. The number of nitrogens with one attached hydrogen (secondary N) is 1. The second-order valence-electron chi connectivity index (χ2n) is 6.06. The Labute approximate surface area is 152 Å². The number of aliphatic hydroxyl groups excluding tert-OH is 1. The van der Waals surface area contributed by atoms with E-state index in [1.807, 2.05) is 37.3 Å². The molecule has 6 nitrogen and oxygen atoms in total. The van der Waals surface area contributed by atoms with Gasteiger partial charge in [-0.2, -0.15) is 9.97 Å². The average molecular weight is 350 g/mol. The van der Waals surface area contributed by atoms with Crippen LogP contribution in [-0.4, -0.2) is 32.7 Å². The fraction of sp³-hybridized carbons (Fsp3) is 0.250. The normalized spacial score (nSPS) is 11.8. The zero-order chi connectivity index (χ0) is 18.4. The van der Waals surface area contributed by atoms with E-state index < -0.39 is 0 Å². The minimum atomic E-state index is -0.143. The fourth-order valence-corrected chi connectivity index (χ4v) is 2.60. The Kier molecular flexibility index (Phi) is 5.76. The highest BCUT2D eigenvalue weighted by molar-refractivity contribution is 5.68. The van der Waals surface area contributed by atoms with Gasteiger partial charge in [0.15, 0.2) is 0 Å². The van der Waals surface area contributed by atoms with Crippen LogP contribution in [0.5, 0.6) is 6.01 Å². The number of nitrogens with zero attached hydrogens (tertiary/aromatic N) is 3. The lowest BCUT2D eigenvalue weighted by atomic mass is 9.97. The molecule has 3 rings (SSSR count). The highest BCUT2D eigenvalue weighted by atomic mass is 16.5. The minimum Gasteiger partial charge on any atom is -0.458 e. The number of aromatic nitrogens is 3. The molecule has 1 heterocycles. The van der Waals surface area contributed by atoms with Gasteiger partial charge < -0.3 is 15.2 Å². The van der Waals surface area contributed by atoms with Crippen molar-refractivity contribution >= 4 is 5.95 Å². The monoisotopic (exact) mass is 350 g/mol. The summed E-state index contributed by atoms with van der Waals surface area (Å²) in [5.74, 6) is 0.381. The van der Waals surface area contributed by atoms with Gasteiger partial charge in [0.2, 0.25) is 5.95 Å². The van der Waals surface area contributed by atoms with Crippen molar-refractivity contribution in [2.45, 2.75) is 26.5 Å². The van der Waals surface area contributed by atoms with Gasteiger partial charge in [-0.05, 0) is 36.1 Å². The summed E-state index contributed by atoms with van der Waals surface area (Å²) in [6.45, 7) is 4.28. The molecule has 0 aliphatic heterocycles. The molecule has 0 fully saturated rings. The second-order valence-corrected chi connectivity index (χ2v) is 6.06. The van der Waals surface area contributed by atoms with Gasteiger partial charge in [-0.25, -0.2) is 4.98 Å². The van der Waals surface area contributed by atoms with E-state index in [1.165, 1.54) is 23.0 Å². The summed E-state index contributed by atoms with van der Waals surface area (Å²) in [6, 6.07) is 16.5. The van der Waals surface area contributed by atoms with Gasteiger partial charge in [-0.15, -0.1) is 0 Å². The number of hydrogen-bond donors (Lipinski definition) is 2. The van der Waals surface area contributed by atoms with Crippen molar-refractivity contribution in [2.75, 3.05) is 11.9 Å². The van der Waals surface area contributed by atoms with Crippen molar-refractivity contribution in [1.82, 2.24) is 15.0 Å². The average Bonchev–Trinajstić information content (AvgIpc) is 2.68. The summed E-state index contributed by atoms with van der Waals surface area (Å²) in [5, 5.41) is 12.1. The number of anilines is 1. The summed E-state index contributed by atoms with van der Waals surface area (Å²) in [4.78, 5) is 12.3. The molecule has 1 unspecified atom stereocenters. The lowest BCUT2D eigenvalue weighted by Gasteiger charge is -2.13. The molecule has 0 radical (unpaired) electrons. The van der Waals surface area contributed by atoms with Crippen molar-refractivity contribution < 1.29 is 9.84 Å². The van der Waals surface area contributed by atoms with Crippen molar-refractivity contribution in [3.63, 3.8) is 0 Å². The number of ether oxygens (including phenoxy) is 1. The van der Waals surface area contributed by atoms with Crippen LogP contribution in [0.25, 0.3) is 11.1 Å². The van der Waals surface area contributed by atoms with Crippen LogP contribution in [0.4, 0.5) is 5.95 Å². The molecule has 2 aromatic carbocycles. The smallest absolute Gasteiger partial charge is 0.321 e. The van der Waals surface area contributed by atoms with E-state index in [0.717, 1.165) is 5.56 Å². The van der Waals surface area contributed by atoms with Gasteiger partial charge in [0.1, 0.15) is 12.9 Å². The quantitative estimate of drug-likeness (QED) is 0.681. The first-order valence-corrected chi connectivity index (χ1v) is 8.50. The number of benzene rings is 2. The summed E-state index contributed by atoms with van der Waals surface area (Å²) in [5.41, 5.74) is 4.60. The van der Waals surface area contributed by atoms with E-state index in [2.05, 4.69) is 45.4 Å². The maximum absolute atomic E-state index is 9.10. The van der Waals surface area contributed by atoms with E-state index in [-0.39, 0.29) is 18.7 Å². The van der Waals surface area contributed by atoms with Crippen LogP contribution in [0.15, 0.2) is 54.9 Å². The Hall–Kier alpha value is -2.99. The summed E-state index contributed by atoms with van der Waals surface area (Å²) < 4.78 is 5.75. The van der Waals surface area contributed by atoms with Crippen molar-refractivity contribution in [1.29, 1.82) is 0 Å². The summed E-state index contributed by atoms with van der Waals surface area (Å²) >= 11 is 0. The number of rotatable bonds is 7. The Bertz CT molecular complexity index is 855. The molecule has 0 bridgehead atoms. The molecule has 1 aromatic heterocycles. The van der Waals surface area contributed by atoms with Crippen LogP contribution in [0.3, 0.4) is 0 Å².